The summed E-state index contributed by atoms with van der Waals surface area (Å²) < 4.78 is 70.1. The van der Waals surface area contributed by atoms with Crippen molar-refractivity contribution in [1.29, 1.82) is 0 Å². The molecule has 8 nitrogen and oxygen atoms in total. The maximum Gasteiger partial charge on any atom is 0.416 e. The monoisotopic (exact) mass is 488 g/mol. The number of benzene rings is 1. The number of allylic oxidation sites excluding steroid dienone is 1. The van der Waals surface area contributed by atoms with Gasteiger partial charge in [-0.15, -0.1) is 13.2 Å². The molecule has 0 saturated heterocycles. The van der Waals surface area contributed by atoms with Gasteiger partial charge in [0, 0.05) is 11.6 Å². The van der Waals surface area contributed by atoms with Crippen LogP contribution in [0.2, 0.25) is 0 Å². The van der Waals surface area contributed by atoms with Gasteiger partial charge in [-0.3, -0.25) is 8.99 Å². The highest BCUT2D eigenvalue weighted by Gasteiger charge is 2.32. The molecular formula is C22H19F3N6O2S. The fourth-order valence-electron chi connectivity index (χ4n) is 3.44. The van der Waals surface area contributed by atoms with Crippen molar-refractivity contribution < 1.29 is 21.6 Å². The molecule has 0 radical (unpaired) electrons. The summed E-state index contributed by atoms with van der Waals surface area (Å²) in [7, 11) is -4.18. The first-order valence-electron chi connectivity index (χ1n) is 9.94. The summed E-state index contributed by atoms with van der Waals surface area (Å²) in [5, 5.41) is 8.96. The second kappa shape index (κ2) is 8.78. The molecule has 176 valence electrons. The van der Waals surface area contributed by atoms with Gasteiger partial charge >= 0.3 is 6.18 Å². The highest BCUT2D eigenvalue weighted by atomic mass is 32.2. The molecule has 0 aliphatic rings. The van der Waals surface area contributed by atoms with Crippen LogP contribution in [-0.4, -0.2) is 39.5 Å². The highest BCUT2D eigenvalue weighted by Crippen LogP contribution is 2.32. The summed E-state index contributed by atoms with van der Waals surface area (Å²) in [5.74, 6) is -0.169. The zero-order valence-corrected chi connectivity index (χ0v) is 18.5. The summed E-state index contributed by atoms with van der Waals surface area (Å²) in [6, 6.07) is 6.77. The van der Waals surface area contributed by atoms with Gasteiger partial charge in [-0.1, -0.05) is 24.3 Å². The van der Waals surface area contributed by atoms with Crippen molar-refractivity contribution >= 4 is 26.6 Å². The van der Waals surface area contributed by atoms with E-state index in [1.54, 1.807) is 29.1 Å². The summed E-state index contributed by atoms with van der Waals surface area (Å²) in [5.41, 5.74) is 0.0225. The van der Waals surface area contributed by atoms with Crippen LogP contribution in [0.4, 0.5) is 18.9 Å². The van der Waals surface area contributed by atoms with Gasteiger partial charge in [0.15, 0.2) is 5.82 Å². The number of nitrogens with zero attached hydrogens (tertiary/aromatic N) is 6. The molecule has 12 heteroatoms. The minimum Gasteiger partial charge on any atom is -0.260 e. The quantitative estimate of drug-likeness (QED) is 0.347. The number of para-hydroxylation sites is 1. The Morgan fingerprint density at radius 2 is 1.88 bits per heavy atom. The number of anilines is 1. The average Bonchev–Trinajstić information content (AvgIpc) is 3.46. The van der Waals surface area contributed by atoms with Crippen molar-refractivity contribution in [3.8, 4) is 5.82 Å². The second-order valence-corrected chi connectivity index (χ2v) is 9.04. The van der Waals surface area contributed by atoms with Gasteiger partial charge < -0.3 is 0 Å². The molecule has 4 rings (SSSR count). The molecule has 0 fully saturated rings. The van der Waals surface area contributed by atoms with Crippen LogP contribution >= 0.6 is 0 Å². The molecule has 0 aliphatic heterocycles. The maximum absolute atomic E-state index is 13.6. The number of hydrogen-bond donors (Lipinski definition) is 0. The maximum atomic E-state index is 13.6. The third kappa shape index (κ3) is 4.19. The van der Waals surface area contributed by atoms with E-state index in [1.807, 2.05) is 6.07 Å². The number of pyridine rings is 1. The smallest absolute Gasteiger partial charge is 0.260 e. The Bertz CT molecular complexity index is 1470. The SMILES string of the molecule is C=CCN(c1cccc2cnn(CC=C)c12)S(=O)(=O)c1cnn(-c2cc(C(F)(F)F)ccn2)c1. The Labute approximate surface area is 193 Å². The van der Waals surface area contributed by atoms with Gasteiger partial charge in [0.25, 0.3) is 10.0 Å². The fraction of sp³-hybridized carbons (Fsp3) is 0.136. The molecule has 0 bridgehead atoms. The number of aromatic nitrogens is 5. The van der Waals surface area contributed by atoms with E-state index in [9.17, 15) is 21.6 Å². The van der Waals surface area contributed by atoms with E-state index < -0.39 is 21.8 Å². The predicted molar refractivity (Wildman–Crippen MR) is 121 cm³/mol. The third-order valence-electron chi connectivity index (χ3n) is 4.96. The highest BCUT2D eigenvalue weighted by molar-refractivity contribution is 7.92. The van der Waals surface area contributed by atoms with E-state index in [2.05, 4.69) is 28.3 Å². The van der Waals surface area contributed by atoms with Crippen LogP contribution in [0.5, 0.6) is 0 Å². The Hall–Kier alpha value is -3.93. The zero-order valence-electron chi connectivity index (χ0n) is 17.7. The van der Waals surface area contributed by atoms with Gasteiger partial charge in [0.1, 0.15) is 4.90 Å². The van der Waals surface area contributed by atoms with Crippen LogP contribution in [0.1, 0.15) is 5.56 Å². The molecule has 0 atom stereocenters. The molecular weight excluding hydrogens is 469 g/mol. The first-order chi connectivity index (χ1) is 16.2. The Morgan fingerprint density at radius 1 is 1.09 bits per heavy atom. The number of alkyl halides is 3. The Kier molecular flexibility index (Phi) is 6.00. The van der Waals surface area contributed by atoms with Crippen LogP contribution in [0, 0.1) is 0 Å². The van der Waals surface area contributed by atoms with Crippen molar-refractivity contribution in [1.82, 2.24) is 24.5 Å². The van der Waals surface area contributed by atoms with Crippen molar-refractivity contribution in [2.75, 3.05) is 10.8 Å². The molecule has 3 aromatic heterocycles. The van der Waals surface area contributed by atoms with Crippen LogP contribution < -0.4 is 4.31 Å². The van der Waals surface area contributed by atoms with Gasteiger partial charge in [-0.2, -0.15) is 23.4 Å². The van der Waals surface area contributed by atoms with E-state index in [4.69, 9.17) is 0 Å². The van der Waals surface area contributed by atoms with Gasteiger partial charge in [0.05, 0.1) is 48.4 Å². The number of halogens is 3. The van der Waals surface area contributed by atoms with Gasteiger partial charge in [-0.25, -0.2) is 18.1 Å². The summed E-state index contributed by atoms with van der Waals surface area (Å²) in [6.45, 7) is 7.67. The van der Waals surface area contributed by atoms with Gasteiger partial charge in [0.2, 0.25) is 0 Å². The zero-order chi connectivity index (χ0) is 24.5. The summed E-state index contributed by atoms with van der Waals surface area (Å²) in [4.78, 5) is 3.66. The van der Waals surface area contributed by atoms with Crippen LogP contribution in [0.15, 0.2) is 85.3 Å². The Morgan fingerprint density at radius 3 is 2.59 bits per heavy atom. The first-order valence-corrected chi connectivity index (χ1v) is 11.4. The third-order valence-corrected chi connectivity index (χ3v) is 6.69. The summed E-state index contributed by atoms with van der Waals surface area (Å²) in [6.07, 6.45) is 3.29. The second-order valence-electron chi connectivity index (χ2n) is 7.18. The largest absolute Gasteiger partial charge is 0.416 e. The number of hydrogen-bond acceptors (Lipinski definition) is 5. The molecule has 0 unspecified atom stereocenters. The van der Waals surface area contributed by atoms with Crippen LogP contribution in [0.3, 0.4) is 0 Å². The first kappa shape index (κ1) is 23.2. The number of fused-ring (bicyclic) bond motifs is 1. The van der Waals surface area contributed by atoms with Crippen molar-refractivity contribution in [3.63, 3.8) is 0 Å². The molecule has 4 aromatic rings. The molecule has 0 saturated carbocycles. The molecule has 0 spiro atoms. The van der Waals surface area contributed by atoms with E-state index in [-0.39, 0.29) is 17.3 Å². The fourth-order valence-corrected chi connectivity index (χ4v) is 4.82. The Balaban J connectivity index is 1.79. The minimum atomic E-state index is -4.58. The molecule has 0 aliphatic carbocycles. The van der Waals surface area contributed by atoms with E-state index >= 15 is 0 Å². The van der Waals surface area contributed by atoms with Crippen molar-refractivity contribution in [3.05, 3.63) is 86.0 Å². The lowest BCUT2D eigenvalue weighted by atomic mass is 10.2. The van der Waals surface area contributed by atoms with E-state index in [0.717, 1.165) is 45.1 Å². The van der Waals surface area contributed by atoms with Gasteiger partial charge in [-0.05, 0) is 18.2 Å². The minimum absolute atomic E-state index is 0.0618. The summed E-state index contributed by atoms with van der Waals surface area (Å²) >= 11 is 0. The number of rotatable bonds is 8. The lowest BCUT2D eigenvalue weighted by Gasteiger charge is -2.23. The molecule has 1 aromatic carbocycles. The predicted octanol–water partition coefficient (Wildman–Crippen LogP) is 4.20. The van der Waals surface area contributed by atoms with Crippen molar-refractivity contribution in [2.24, 2.45) is 0 Å². The molecule has 34 heavy (non-hydrogen) atoms. The average molecular weight is 488 g/mol. The van der Waals surface area contributed by atoms with E-state index in [1.165, 1.54) is 6.08 Å². The van der Waals surface area contributed by atoms with Crippen molar-refractivity contribution in [2.45, 2.75) is 17.6 Å². The number of sulfonamides is 1. The standard InChI is InChI=1S/C22H19F3N6O2S/c1-3-10-29-21-16(13-27-29)6-5-7-19(21)31(11-4-2)34(32,33)18-14-28-30(15-18)20-12-17(8-9-26-20)22(23,24)25/h3-9,12-15H,1-2,10-11H2. The molecule has 3 heterocycles. The lowest BCUT2D eigenvalue weighted by molar-refractivity contribution is -0.137. The molecule has 0 amide bonds. The topological polar surface area (TPSA) is 85.9 Å². The van der Waals surface area contributed by atoms with Crippen LogP contribution in [-0.2, 0) is 22.7 Å². The van der Waals surface area contributed by atoms with Crippen LogP contribution in [0.25, 0.3) is 16.7 Å². The van der Waals surface area contributed by atoms with E-state index in [0.29, 0.717) is 17.7 Å². The molecule has 0 N–H and O–H groups in total. The normalized spacial score (nSPS) is 12.1. The lowest BCUT2D eigenvalue weighted by Crippen LogP contribution is -2.31.